The largest absolute Gasteiger partial charge is 0.314 e. The van der Waals surface area contributed by atoms with Crippen LogP contribution in [-0.2, 0) is 10.0 Å². The van der Waals surface area contributed by atoms with E-state index in [-0.39, 0.29) is 5.25 Å². The quantitative estimate of drug-likeness (QED) is 0.756. The van der Waals surface area contributed by atoms with Gasteiger partial charge in [0.25, 0.3) is 0 Å². The molecule has 0 aromatic heterocycles. The minimum absolute atomic E-state index is 0.0932. The lowest BCUT2D eigenvalue weighted by Crippen LogP contribution is -2.49. The van der Waals surface area contributed by atoms with Crippen molar-refractivity contribution in [3.63, 3.8) is 0 Å². The van der Waals surface area contributed by atoms with Crippen LogP contribution < -0.4 is 5.32 Å². The molecule has 1 aliphatic carbocycles. The first-order chi connectivity index (χ1) is 7.21. The van der Waals surface area contributed by atoms with Crippen LogP contribution in [0.3, 0.4) is 0 Å². The predicted octanol–water partition coefficient (Wildman–Crippen LogP) is 0.554. The van der Waals surface area contributed by atoms with Crippen molar-refractivity contribution in [2.24, 2.45) is 0 Å². The van der Waals surface area contributed by atoms with Gasteiger partial charge in [-0.2, -0.15) is 4.31 Å². The fourth-order valence-corrected chi connectivity index (χ4v) is 4.51. The average molecular weight is 232 g/mol. The van der Waals surface area contributed by atoms with Crippen LogP contribution in [0, 0.1) is 0 Å². The molecule has 1 N–H and O–H groups in total. The Morgan fingerprint density at radius 1 is 1.00 bits per heavy atom. The number of piperazine rings is 1. The van der Waals surface area contributed by atoms with Crippen molar-refractivity contribution in [1.82, 2.24) is 9.62 Å². The van der Waals surface area contributed by atoms with E-state index in [2.05, 4.69) is 5.32 Å². The molecule has 2 fully saturated rings. The molecule has 0 aromatic rings. The summed E-state index contributed by atoms with van der Waals surface area (Å²) in [5.74, 6) is 0. The SMILES string of the molecule is O=S(=O)(C1CCCCC1)N1CCNCC1. The van der Waals surface area contributed by atoms with Crippen LogP contribution in [0.1, 0.15) is 32.1 Å². The molecule has 1 saturated heterocycles. The standard InChI is InChI=1S/C10H20N2O2S/c13-15(14,10-4-2-1-3-5-10)12-8-6-11-7-9-12/h10-11H,1-9H2. The fourth-order valence-electron chi connectivity index (χ4n) is 2.47. The third-order valence-corrected chi connectivity index (χ3v) is 5.81. The highest BCUT2D eigenvalue weighted by Gasteiger charge is 2.33. The zero-order valence-corrected chi connectivity index (χ0v) is 9.93. The Balaban J connectivity index is 2.03. The molecule has 0 unspecified atom stereocenters. The van der Waals surface area contributed by atoms with Gasteiger partial charge in [0.15, 0.2) is 0 Å². The van der Waals surface area contributed by atoms with Gasteiger partial charge in [0.2, 0.25) is 10.0 Å². The minimum Gasteiger partial charge on any atom is -0.314 e. The lowest BCUT2D eigenvalue weighted by atomic mass is 10.0. The Morgan fingerprint density at radius 3 is 2.20 bits per heavy atom. The first kappa shape index (κ1) is 11.4. The lowest BCUT2D eigenvalue weighted by molar-refractivity contribution is 0.347. The smallest absolute Gasteiger partial charge is 0.217 e. The lowest BCUT2D eigenvalue weighted by Gasteiger charge is -2.32. The van der Waals surface area contributed by atoms with E-state index in [1.807, 2.05) is 0 Å². The summed E-state index contributed by atoms with van der Waals surface area (Å²) >= 11 is 0. The van der Waals surface area contributed by atoms with Crippen LogP contribution in [0.5, 0.6) is 0 Å². The van der Waals surface area contributed by atoms with E-state index in [1.165, 1.54) is 6.42 Å². The maximum absolute atomic E-state index is 12.2. The average Bonchev–Trinajstić information content (AvgIpc) is 2.31. The van der Waals surface area contributed by atoms with Crippen LogP contribution in [0.2, 0.25) is 0 Å². The Hall–Kier alpha value is -0.130. The summed E-state index contributed by atoms with van der Waals surface area (Å²) in [4.78, 5) is 0. The van der Waals surface area contributed by atoms with E-state index in [0.717, 1.165) is 38.8 Å². The van der Waals surface area contributed by atoms with Gasteiger partial charge in [0.1, 0.15) is 0 Å². The van der Waals surface area contributed by atoms with E-state index in [0.29, 0.717) is 13.1 Å². The van der Waals surface area contributed by atoms with Gasteiger partial charge in [-0.25, -0.2) is 8.42 Å². The van der Waals surface area contributed by atoms with Gasteiger partial charge in [-0.3, -0.25) is 0 Å². The molecular formula is C10H20N2O2S. The molecule has 0 aromatic carbocycles. The van der Waals surface area contributed by atoms with E-state index >= 15 is 0 Å². The topological polar surface area (TPSA) is 49.4 Å². The van der Waals surface area contributed by atoms with Crippen LogP contribution >= 0.6 is 0 Å². The maximum atomic E-state index is 12.2. The fraction of sp³-hybridized carbons (Fsp3) is 1.00. The van der Waals surface area contributed by atoms with Gasteiger partial charge >= 0.3 is 0 Å². The van der Waals surface area contributed by atoms with E-state index in [1.54, 1.807) is 4.31 Å². The molecule has 4 nitrogen and oxygen atoms in total. The molecule has 88 valence electrons. The van der Waals surface area contributed by atoms with Crippen LogP contribution in [-0.4, -0.2) is 44.2 Å². The molecule has 1 aliphatic heterocycles. The molecule has 0 amide bonds. The molecule has 1 saturated carbocycles. The number of hydrogen-bond donors (Lipinski definition) is 1. The van der Waals surface area contributed by atoms with Crippen LogP contribution in [0.25, 0.3) is 0 Å². The Bertz CT molecular complexity index is 267. The maximum Gasteiger partial charge on any atom is 0.217 e. The van der Waals surface area contributed by atoms with Crippen LogP contribution in [0.15, 0.2) is 0 Å². The van der Waals surface area contributed by atoms with Gasteiger partial charge in [-0.05, 0) is 12.8 Å². The number of nitrogens with zero attached hydrogens (tertiary/aromatic N) is 1. The van der Waals surface area contributed by atoms with Gasteiger partial charge in [-0.15, -0.1) is 0 Å². The van der Waals surface area contributed by atoms with E-state index in [4.69, 9.17) is 0 Å². The molecule has 2 rings (SSSR count). The molecular weight excluding hydrogens is 212 g/mol. The summed E-state index contributed by atoms with van der Waals surface area (Å²) in [6.07, 6.45) is 5.10. The summed E-state index contributed by atoms with van der Waals surface area (Å²) in [7, 11) is -2.99. The van der Waals surface area contributed by atoms with Crippen molar-refractivity contribution in [3.05, 3.63) is 0 Å². The number of rotatable bonds is 2. The molecule has 0 atom stereocenters. The second-order valence-corrected chi connectivity index (χ2v) is 6.67. The predicted molar refractivity (Wildman–Crippen MR) is 60.2 cm³/mol. The highest BCUT2D eigenvalue weighted by atomic mass is 32.2. The second kappa shape index (κ2) is 4.80. The second-order valence-electron chi connectivity index (χ2n) is 4.45. The van der Waals surface area contributed by atoms with Gasteiger partial charge < -0.3 is 5.32 Å². The molecule has 0 bridgehead atoms. The molecule has 2 aliphatic rings. The molecule has 1 heterocycles. The van der Waals surface area contributed by atoms with Crippen molar-refractivity contribution in [2.75, 3.05) is 26.2 Å². The monoisotopic (exact) mass is 232 g/mol. The molecule has 0 radical (unpaired) electrons. The number of hydrogen-bond acceptors (Lipinski definition) is 3. The molecule has 15 heavy (non-hydrogen) atoms. The Morgan fingerprint density at radius 2 is 1.60 bits per heavy atom. The van der Waals surface area contributed by atoms with Crippen molar-refractivity contribution in [1.29, 1.82) is 0 Å². The zero-order chi connectivity index (χ0) is 10.7. The summed E-state index contributed by atoms with van der Waals surface area (Å²) in [5, 5.41) is 3.09. The van der Waals surface area contributed by atoms with Crippen molar-refractivity contribution < 1.29 is 8.42 Å². The first-order valence-corrected chi connectivity index (χ1v) is 7.41. The van der Waals surface area contributed by atoms with Crippen molar-refractivity contribution in [2.45, 2.75) is 37.4 Å². The first-order valence-electron chi connectivity index (χ1n) is 5.91. The van der Waals surface area contributed by atoms with E-state index in [9.17, 15) is 8.42 Å². The highest BCUT2D eigenvalue weighted by molar-refractivity contribution is 7.89. The van der Waals surface area contributed by atoms with E-state index < -0.39 is 10.0 Å². The Labute approximate surface area is 92.1 Å². The third kappa shape index (κ3) is 2.52. The highest BCUT2D eigenvalue weighted by Crippen LogP contribution is 2.26. The minimum atomic E-state index is -2.99. The van der Waals surface area contributed by atoms with Crippen molar-refractivity contribution in [3.8, 4) is 0 Å². The summed E-state index contributed by atoms with van der Waals surface area (Å²) < 4.78 is 26.2. The van der Waals surface area contributed by atoms with Gasteiger partial charge in [-0.1, -0.05) is 19.3 Å². The molecule has 0 spiro atoms. The van der Waals surface area contributed by atoms with Crippen LogP contribution in [0.4, 0.5) is 0 Å². The summed E-state index contributed by atoms with van der Waals surface area (Å²) in [6.45, 7) is 2.90. The van der Waals surface area contributed by atoms with Gasteiger partial charge in [0.05, 0.1) is 5.25 Å². The van der Waals surface area contributed by atoms with Crippen molar-refractivity contribution >= 4 is 10.0 Å². The number of nitrogens with one attached hydrogen (secondary N) is 1. The molecule has 5 heteroatoms. The zero-order valence-electron chi connectivity index (χ0n) is 9.11. The van der Waals surface area contributed by atoms with Gasteiger partial charge in [0, 0.05) is 26.2 Å². The number of sulfonamides is 1. The summed E-state index contributed by atoms with van der Waals surface area (Å²) in [6, 6.07) is 0. The summed E-state index contributed by atoms with van der Waals surface area (Å²) in [5.41, 5.74) is 0. The Kier molecular flexibility index (Phi) is 3.64. The normalized spacial score (nSPS) is 26.7. The third-order valence-electron chi connectivity index (χ3n) is 3.41.